The molecule has 1 aliphatic heterocycles. The van der Waals surface area contributed by atoms with Gasteiger partial charge < -0.3 is 9.47 Å². The van der Waals surface area contributed by atoms with Crippen LogP contribution in [0.3, 0.4) is 0 Å². The monoisotopic (exact) mass is 459 g/mol. The highest BCUT2D eigenvalue weighted by molar-refractivity contribution is 6.32. The van der Waals surface area contributed by atoms with Crippen molar-refractivity contribution in [2.75, 3.05) is 13.2 Å². The normalized spacial score (nSPS) is 13.4. The Hall–Kier alpha value is -3.91. The SMILES string of the molecule is Cc1ccc(-n2ccc3c(cnc4nc(-c5ccc6c(c5)OCCCO6)nn43)c2=O)c(Cl)c1. The number of halogens is 1. The van der Waals surface area contributed by atoms with E-state index in [4.69, 9.17) is 21.1 Å². The van der Waals surface area contributed by atoms with Gasteiger partial charge in [-0.15, -0.1) is 5.10 Å². The molecule has 0 spiro atoms. The lowest BCUT2D eigenvalue weighted by Crippen LogP contribution is -2.19. The molecule has 164 valence electrons. The number of fused-ring (bicyclic) bond motifs is 4. The van der Waals surface area contributed by atoms with Crippen molar-refractivity contribution < 1.29 is 9.47 Å². The number of ether oxygens (including phenoxy) is 2. The molecule has 2 aromatic carbocycles. The summed E-state index contributed by atoms with van der Waals surface area (Å²) in [5, 5.41) is 5.54. The van der Waals surface area contributed by atoms with Crippen LogP contribution >= 0.6 is 11.6 Å². The number of nitrogens with zero attached hydrogens (tertiary/aromatic N) is 5. The van der Waals surface area contributed by atoms with Crippen molar-refractivity contribution in [2.24, 2.45) is 0 Å². The van der Waals surface area contributed by atoms with E-state index in [1.54, 1.807) is 10.7 Å². The van der Waals surface area contributed by atoms with E-state index in [1.807, 2.05) is 49.4 Å². The van der Waals surface area contributed by atoms with Gasteiger partial charge in [-0.1, -0.05) is 17.7 Å². The van der Waals surface area contributed by atoms with Crippen LogP contribution in [0.25, 0.3) is 33.8 Å². The maximum atomic E-state index is 13.3. The standard InChI is InChI=1S/C24H18ClN5O3/c1-14-3-5-19(17(25)11-14)29-8-7-18-16(23(29)31)13-26-24-27-22(28-30(18)24)15-4-6-20-21(12-15)33-10-2-9-32-20/h3-8,11-13H,2,9-10H2,1H3. The van der Waals surface area contributed by atoms with E-state index < -0.39 is 0 Å². The average Bonchev–Trinajstić information content (AvgIpc) is 3.11. The van der Waals surface area contributed by atoms with Crippen LogP contribution in [0.2, 0.25) is 5.02 Å². The summed E-state index contributed by atoms with van der Waals surface area (Å²) >= 11 is 6.39. The summed E-state index contributed by atoms with van der Waals surface area (Å²) in [4.78, 5) is 22.2. The van der Waals surface area contributed by atoms with Gasteiger partial charge in [0.1, 0.15) is 0 Å². The van der Waals surface area contributed by atoms with E-state index in [0.717, 1.165) is 17.5 Å². The van der Waals surface area contributed by atoms with Crippen molar-refractivity contribution in [3.05, 3.63) is 75.8 Å². The van der Waals surface area contributed by atoms with Crippen molar-refractivity contribution >= 4 is 28.3 Å². The molecular formula is C24H18ClN5O3. The number of benzene rings is 2. The number of hydrogen-bond acceptors (Lipinski definition) is 6. The molecule has 0 fully saturated rings. The summed E-state index contributed by atoms with van der Waals surface area (Å²) in [6.07, 6.45) is 4.05. The first-order chi connectivity index (χ1) is 16.1. The summed E-state index contributed by atoms with van der Waals surface area (Å²) in [6, 6.07) is 13.0. The maximum absolute atomic E-state index is 13.3. The van der Waals surface area contributed by atoms with Crippen LogP contribution in [0.1, 0.15) is 12.0 Å². The largest absolute Gasteiger partial charge is 0.490 e. The van der Waals surface area contributed by atoms with Crippen LogP contribution in [0.15, 0.2) is 59.7 Å². The second-order valence-electron chi connectivity index (χ2n) is 7.86. The van der Waals surface area contributed by atoms with Crippen molar-refractivity contribution in [3.63, 3.8) is 0 Å². The van der Waals surface area contributed by atoms with Gasteiger partial charge in [0.05, 0.1) is 34.8 Å². The molecule has 0 saturated carbocycles. The highest BCUT2D eigenvalue weighted by atomic mass is 35.5. The van der Waals surface area contributed by atoms with Crippen molar-refractivity contribution in [1.29, 1.82) is 0 Å². The molecule has 6 rings (SSSR count). The van der Waals surface area contributed by atoms with Crippen LogP contribution in [0.5, 0.6) is 11.5 Å². The summed E-state index contributed by atoms with van der Waals surface area (Å²) in [5.41, 5.74) is 2.78. The molecule has 33 heavy (non-hydrogen) atoms. The second kappa shape index (κ2) is 7.60. The van der Waals surface area contributed by atoms with Crippen LogP contribution in [0.4, 0.5) is 0 Å². The Morgan fingerprint density at radius 1 is 1.03 bits per heavy atom. The van der Waals surface area contributed by atoms with Gasteiger partial charge in [-0.2, -0.15) is 9.50 Å². The Kier molecular flexibility index (Phi) is 4.55. The molecule has 5 aromatic rings. The van der Waals surface area contributed by atoms with Crippen molar-refractivity contribution in [2.45, 2.75) is 13.3 Å². The Bertz CT molecular complexity index is 1610. The third-order valence-electron chi connectivity index (χ3n) is 5.60. The number of hydrogen-bond donors (Lipinski definition) is 0. The third-order valence-corrected chi connectivity index (χ3v) is 5.91. The number of aryl methyl sites for hydroxylation is 1. The molecule has 0 amide bonds. The van der Waals surface area contributed by atoms with Gasteiger partial charge in [0.2, 0.25) is 0 Å². The predicted octanol–water partition coefficient (Wildman–Crippen LogP) is 4.22. The van der Waals surface area contributed by atoms with Gasteiger partial charge in [-0.25, -0.2) is 4.98 Å². The lowest BCUT2D eigenvalue weighted by atomic mass is 10.2. The minimum Gasteiger partial charge on any atom is -0.490 e. The zero-order valence-corrected chi connectivity index (χ0v) is 18.4. The molecule has 0 N–H and O–H groups in total. The quantitative estimate of drug-likeness (QED) is 0.393. The van der Waals surface area contributed by atoms with Gasteiger partial charge in [0.25, 0.3) is 11.3 Å². The second-order valence-corrected chi connectivity index (χ2v) is 8.27. The number of pyridine rings is 1. The Morgan fingerprint density at radius 3 is 2.73 bits per heavy atom. The zero-order valence-electron chi connectivity index (χ0n) is 17.7. The average molecular weight is 460 g/mol. The van der Waals surface area contributed by atoms with Crippen molar-refractivity contribution in [1.82, 2.24) is 24.1 Å². The fourth-order valence-electron chi connectivity index (χ4n) is 3.94. The van der Waals surface area contributed by atoms with Crippen LogP contribution in [0, 0.1) is 6.92 Å². The summed E-state index contributed by atoms with van der Waals surface area (Å²) < 4.78 is 14.6. The molecule has 4 heterocycles. The zero-order chi connectivity index (χ0) is 22.5. The van der Waals surface area contributed by atoms with E-state index in [1.165, 1.54) is 10.8 Å². The summed E-state index contributed by atoms with van der Waals surface area (Å²) in [5.74, 6) is 2.25. The minimum atomic E-state index is -0.236. The molecule has 0 unspecified atom stereocenters. The summed E-state index contributed by atoms with van der Waals surface area (Å²) in [6.45, 7) is 3.17. The van der Waals surface area contributed by atoms with Gasteiger partial charge in [0.15, 0.2) is 17.3 Å². The van der Waals surface area contributed by atoms with Gasteiger partial charge >= 0.3 is 0 Å². The summed E-state index contributed by atoms with van der Waals surface area (Å²) in [7, 11) is 0. The Morgan fingerprint density at radius 2 is 1.88 bits per heavy atom. The van der Waals surface area contributed by atoms with E-state index in [2.05, 4.69) is 15.1 Å². The molecule has 8 nitrogen and oxygen atoms in total. The van der Waals surface area contributed by atoms with Crippen LogP contribution in [-0.2, 0) is 0 Å². The fraction of sp³-hybridized carbons (Fsp3) is 0.167. The molecule has 9 heteroatoms. The molecule has 1 aliphatic rings. The highest BCUT2D eigenvalue weighted by Gasteiger charge is 2.17. The molecule has 0 atom stereocenters. The Balaban J connectivity index is 1.48. The van der Waals surface area contributed by atoms with Gasteiger partial charge in [-0.3, -0.25) is 9.36 Å². The Labute approximate surface area is 193 Å². The lowest BCUT2D eigenvalue weighted by molar-refractivity contribution is 0.297. The van der Waals surface area contributed by atoms with E-state index in [-0.39, 0.29) is 5.56 Å². The van der Waals surface area contributed by atoms with E-state index in [0.29, 0.717) is 57.9 Å². The third kappa shape index (κ3) is 3.30. The molecule has 3 aromatic heterocycles. The molecule has 0 bridgehead atoms. The predicted molar refractivity (Wildman–Crippen MR) is 125 cm³/mol. The maximum Gasteiger partial charge on any atom is 0.266 e. The minimum absolute atomic E-state index is 0.236. The molecule has 0 radical (unpaired) electrons. The first-order valence-corrected chi connectivity index (χ1v) is 10.9. The topological polar surface area (TPSA) is 83.5 Å². The molecule has 0 aliphatic carbocycles. The molecule has 0 saturated heterocycles. The van der Waals surface area contributed by atoms with Gasteiger partial charge in [-0.05, 0) is 48.9 Å². The van der Waals surface area contributed by atoms with Crippen LogP contribution < -0.4 is 15.0 Å². The van der Waals surface area contributed by atoms with Gasteiger partial charge in [0, 0.05) is 24.4 Å². The number of rotatable bonds is 2. The van der Waals surface area contributed by atoms with Crippen LogP contribution in [-0.4, -0.2) is 37.4 Å². The smallest absolute Gasteiger partial charge is 0.266 e. The fourth-order valence-corrected chi connectivity index (χ4v) is 4.27. The first-order valence-electron chi connectivity index (χ1n) is 10.5. The number of aromatic nitrogens is 5. The van der Waals surface area contributed by atoms with E-state index >= 15 is 0 Å². The van der Waals surface area contributed by atoms with E-state index in [9.17, 15) is 4.79 Å². The lowest BCUT2D eigenvalue weighted by Gasteiger charge is -2.10. The first kappa shape index (κ1) is 19.8. The highest BCUT2D eigenvalue weighted by Crippen LogP contribution is 2.33. The molecular weight excluding hydrogens is 442 g/mol. The van der Waals surface area contributed by atoms with Crippen molar-refractivity contribution in [3.8, 4) is 28.6 Å².